The fourth-order valence-corrected chi connectivity index (χ4v) is 1.90. The van der Waals surface area contributed by atoms with Gasteiger partial charge in [0.1, 0.15) is 5.71 Å². The quantitative estimate of drug-likeness (QED) is 0.595. The zero-order valence-electron chi connectivity index (χ0n) is 8.84. The topological polar surface area (TPSA) is 38.7 Å². The van der Waals surface area contributed by atoms with Crippen molar-refractivity contribution in [2.75, 3.05) is 5.75 Å². The molecule has 0 saturated carbocycles. The number of benzene rings is 1. The molecule has 0 atom stereocenters. The van der Waals surface area contributed by atoms with Gasteiger partial charge in [0, 0.05) is 5.56 Å². The Hall–Kier alpha value is -1.55. The van der Waals surface area contributed by atoms with E-state index < -0.39 is 0 Å². The summed E-state index contributed by atoms with van der Waals surface area (Å²) in [5, 5.41) is 5.61. The highest BCUT2D eigenvalue weighted by atomic mass is 32.2. The van der Waals surface area contributed by atoms with Gasteiger partial charge >= 0.3 is 5.97 Å². The van der Waals surface area contributed by atoms with E-state index in [9.17, 15) is 4.79 Å². The minimum absolute atomic E-state index is 0.375. The fourth-order valence-electron chi connectivity index (χ4n) is 1.36. The van der Waals surface area contributed by atoms with Gasteiger partial charge in [-0.25, -0.2) is 4.79 Å². The molecule has 0 unspecified atom stereocenters. The number of rotatable bonds is 3. The first-order valence-corrected chi connectivity index (χ1v) is 6.04. The standard InChI is InChI=1S/C12H11NO2S/c1-2-16-8-10-11(13-15-12(10)14)9-6-4-3-5-7-9/h3-8H,2H2,1H3. The smallest absolute Gasteiger partial charge is 0.312 e. The summed E-state index contributed by atoms with van der Waals surface area (Å²) in [4.78, 5) is 16.1. The molecule has 3 nitrogen and oxygen atoms in total. The molecule has 1 aliphatic heterocycles. The molecular formula is C12H11NO2S. The summed E-state index contributed by atoms with van der Waals surface area (Å²) < 4.78 is 0. The maximum absolute atomic E-state index is 11.4. The number of hydrogen-bond donors (Lipinski definition) is 0. The minimum atomic E-state index is -0.375. The van der Waals surface area contributed by atoms with Crippen LogP contribution in [-0.2, 0) is 9.63 Å². The Bertz CT molecular complexity index is 451. The molecule has 1 aromatic rings. The summed E-state index contributed by atoms with van der Waals surface area (Å²) in [6.45, 7) is 2.03. The Morgan fingerprint density at radius 3 is 2.81 bits per heavy atom. The van der Waals surface area contributed by atoms with Crippen molar-refractivity contribution in [2.45, 2.75) is 6.92 Å². The minimum Gasteiger partial charge on any atom is -0.312 e. The molecule has 0 aromatic heterocycles. The van der Waals surface area contributed by atoms with Gasteiger partial charge < -0.3 is 4.84 Å². The lowest BCUT2D eigenvalue weighted by atomic mass is 10.1. The molecule has 0 radical (unpaired) electrons. The van der Waals surface area contributed by atoms with E-state index in [2.05, 4.69) is 5.16 Å². The van der Waals surface area contributed by atoms with E-state index in [1.165, 1.54) is 0 Å². The van der Waals surface area contributed by atoms with Crippen LogP contribution in [-0.4, -0.2) is 17.4 Å². The van der Waals surface area contributed by atoms with Gasteiger partial charge in [-0.2, -0.15) is 0 Å². The van der Waals surface area contributed by atoms with Crippen LogP contribution in [0.2, 0.25) is 0 Å². The number of carbonyl (C=O) groups excluding carboxylic acids is 1. The van der Waals surface area contributed by atoms with E-state index in [1.807, 2.05) is 37.3 Å². The highest BCUT2D eigenvalue weighted by molar-refractivity contribution is 8.02. The number of hydrogen-bond acceptors (Lipinski definition) is 4. The van der Waals surface area contributed by atoms with Gasteiger partial charge in [0.25, 0.3) is 0 Å². The van der Waals surface area contributed by atoms with Crippen LogP contribution in [0.3, 0.4) is 0 Å². The molecule has 2 rings (SSSR count). The van der Waals surface area contributed by atoms with Gasteiger partial charge in [-0.05, 0) is 11.2 Å². The molecule has 4 heteroatoms. The number of thioether (sulfide) groups is 1. The van der Waals surface area contributed by atoms with Crippen LogP contribution in [0.15, 0.2) is 46.5 Å². The van der Waals surface area contributed by atoms with Crippen LogP contribution in [0, 0.1) is 0 Å². The number of oxime groups is 1. The Labute approximate surface area is 98.2 Å². The molecule has 0 aliphatic carbocycles. The van der Waals surface area contributed by atoms with Crippen molar-refractivity contribution in [3.8, 4) is 0 Å². The van der Waals surface area contributed by atoms with Crippen LogP contribution < -0.4 is 0 Å². The summed E-state index contributed by atoms with van der Waals surface area (Å²) in [5.74, 6) is 0.540. The predicted octanol–water partition coefficient (Wildman–Crippen LogP) is 2.58. The van der Waals surface area contributed by atoms with Gasteiger partial charge in [0.05, 0.1) is 5.57 Å². The molecule has 82 valence electrons. The van der Waals surface area contributed by atoms with E-state index in [1.54, 1.807) is 17.2 Å². The van der Waals surface area contributed by atoms with Crippen LogP contribution in [0.25, 0.3) is 0 Å². The molecule has 1 aliphatic rings. The van der Waals surface area contributed by atoms with E-state index in [-0.39, 0.29) is 5.97 Å². The molecule has 0 fully saturated rings. The lowest BCUT2D eigenvalue weighted by Crippen LogP contribution is -2.06. The maximum atomic E-state index is 11.4. The van der Waals surface area contributed by atoms with Crippen molar-refractivity contribution in [1.82, 2.24) is 0 Å². The molecular weight excluding hydrogens is 222 g/mol. The Kier molecular flexibility index (Phi) is 3.41. The second-order valence-electron chi connectivity index (χ2n) is 3.17. The summed E-state index contributed by atoms with van der Waals surface area (Å²) in [7, 11) is 0. The average Bonchev–Trinajstić information content (AvgIpc) is 2.69. The zero-order chi connectivity index (χ0) is 11.4. The third-order valence-corrected chi connectivity index (χ3v) is 2.85. The third kappa shape index (κ3) is 2.17. The Balaban J connectivity index is 2.31. The molecule has 16 heavy (non-hydrogen) atoms. The predicted molar refractivity (Wildman–Crippen MR) is 65.3 cm³/mol. The van der Waals surface area contributed by atoms with E-state index in [0.29, 0.717) is 11.3 Å². The monoisotopic (exact) mass is 233 g/mol. The first-order chi connectivity index (χ1) is 7.83. The van der Waals surface area contributed by atoms with Crippen molar-refractivity contribution < 1.29 is 9.63 Å². The van der Waals surface area contributed by atoms with Crippen LogP contribution in [0.1, 0.15) is 12.5 Å². The Morgan fingerprint density at radius 1 is 1.38 bits per heavy atom. The van der Waals surface area contributed by atoms with E-state index in [0.717, 1.165) is 11.3 Å². The van der Waals surface area contributed by atoms with E-state index >= 15 is 0 Å². The second-order valence-corrected chi connectivity index (χ2v) is 4.32. The lowest BCUT2D eigenvalue weighted by molar-refractivity contribution is -0.136. The number of carbonyl (C=O) groups is 1. The van der Waals surface area contributed by atoms with Gasteiger partial charge in [-0.1, -0.05) is 42.4 Å². The molecule has 0 spiro atoms. The molecule has 0 N–H and O–H groups in total. The molecule has 0 amide bonds. The Morgan fingerprint density at radius 2 is 2.12 bits per heavy atom. The van der Waals surface area contributed by atoms with Crippen molar-refractivity contribution in [2.24, 2.45) is 5.16 Å². The van der Waals surface area contributed by atoms with Crippen molar-refractivity contribution >= 4 is 23.4 Å². The first kappa shape index (κ1) is 11.0. The van der Waals surface area contributed by atoms with E-state index in [4.69, 9.17) is 4.84 Å². The molecule has 0 bridgehead atoms. The first-order valence-electron chi connectivity index (χ1n) is 5.00. The van der Waals surface area contributed by atoms with Crippen LogP contribution in [0.4, 0.5) is 0 Å². The third-order valence-electron chi connectivity index (χ3n) is 2.11. The van der Waals surface area contributed by atoms with Crippen molar-refractivity contribution in [3.63, 3.8) is 0 Å². The second kappa shape index (κ2) is 4.99. The summed E-state index contributed by atoms with van der Waals surface area (Å²) in [6.07, 6.45) is 0. The highest BCUT2D eigenvalue weighted by Crippen LogP contribution is 2.20. The highest BCUT2D eigenvalue weighted by Gasteiger charge is 2.26. The number of nitrogens with zero attached hydrogens (tertiary/aromatic N) is 1. The lowest BCUT2D eigenvalue weighted by Gasteiger charge is -1.98. The molecule has 0 saturated heterocycles. The van der Waals surface area contributed by atoms with Gasteiger partial charge in [-0.15, -0.1) is 11.8 Å². The summed E-state index contributed by atoms with van der Waals surface area (Å²) in [6, 6.07) is 9.55. The SMILES string of the molecule is CCSC=C1C(=O)ON=C1c1ccccc1. The normalized spacial score (nSPS) is 17.4. The fraction of sp³-hybridized carbons (Fsp3) is 0.167. The average molecular weight is 233 g/mol. The van der Waals surface area contributed by atoms with Gasteiger partial charge in [-0.3, -0.25) is 0 Å². The molecule has 1 aromatic carbocycles. The molecule has 1 heterocycles. The van der Waals surface area contributed by atoms with Crippen LogP contribution in [0.5, 0.6) is 0 Å². The summed E-state index contributed by atoms with van der Waals surface area (Å²) in [5.41, 5.74) is 2.06. The maximum Gasteiger partial charge on any atom is 0.368 e. The largest absolute Gasteiger partial charge is 0.368 e. The van der Waals surface area contributed by atoms with Gasteiger partial charge in [0.2, 0.25) is 0 Å². The van der Waals surface area contributed by atoms with Crippen LogP contribution >= 0.6 is 11.8 Å². The van der Waals surface area contributed by atoms with Gasteiger partial charge in [0.15, 0.2) is 0 Å². The zero-order valence-corrected chi connectivity index (χ0v) is 9.66. The van der Waals surface area contributed by atoms with Crippen molar-refractivity contribution in [1.29, 1.82) is 0 Å². The summed E-state index contributed by atoms with van der Waals surface area (Å²) >= 11 is 1.56. The van der Waals surface area contributed by atoms with Crippen molar-refractivity contribution in [3.05, 3.63) is 46.9 Å².